The molecular weight excluding hydrogens is 436 g/mol. The molecule has 4 rings (SSSR count). The van der Waals surface area contributed by atoms with E-state index in [1.54, 1.807) is 59.4 Å². The molecule has 0 saturated carbocycles. The van der Waals surface area contributed by atoms with Crippen LogP contribution in [0.15, 0.2) is 88.2 Å². The summed E-state index contributed by atoms with van der Waals surface area (Å²) in [6.07, 6.45) is 4.96. The Balaban J connectivity index is 1.43. The van der Waals surface area contributed by atoms with Crippen molar-refractivity contribution in [3.8, 4) is 5.69 Å². The summed E-state index contributed by atoms with van der Waals surface area (Å²) >= 11 is 3.36. The first kappa shape index (κ1) is 18.7. The number of halogens is 1. The Morgan fingerprint density at radius 3 is 2.28 bits per heavy atom. The average molecular weight is 451 g/mol. The second-order valence-corrected chi connectivity index (χ2v) is 7.03. The van der Waals surface area contributed by atoms with Gasteiger partial charge in [0, 0.05) is 23.1 Å². The van der Waals surface area contributed by atoms with E-state index in [9.17, 15) is 9.59 Å². The molecule has 7 nitrogen and oxygen atoms in total. The van der Waals surface area contributed by atoms with Crippen LogP contribution in [0.5, 0.6) is 0 Å². The van der Waals surface area contributed by atoms with Crippen LogP contribution in [0.2, 0.25) is 0 Å². The second-order valence-electron chi connectivity index (χ2n) is 6.12. The number of carbonyl (C=O) groups is 2. The van der Waals surface area contributed by atoms with Crippen molar-refractivity contribution >= 4 is 39.1 Å². The summed E-state index contributed by atoms with van der Waals surface area (Å²) in [6.45, 7) is 0. The first-order chi connectivity index (χ1) is 14.1. The molecule has 144 valence electrons. The third-order valence-electron chi connectivity index (χ3n) is 4.07. The summed E-state index contributed by atoms with van der Waals surface area (Å²) < 4.78 is 7.65. The van der Waals surface area contributed by atoms with Crippen LogP contribution in [0.1, 0.15) is 20.9 Å². The number of carbonyl (C=O) groups excluding carboxylic acids is 2. The Labute approximate surface area is 174 Å². The fourth-order valence-corrected chi connectivity index (χ4v) is 2.97. The number of rotatable bonds is 5. The number of furan rings is 1. The summed E-state index contributed by atoms with van der Waals surface area (Å²) in [5, 5.41) is 9.76. The molecule has 0 unspecified atom stereocenters. The van der Waals surface area contributed by atoms with Gasteiger partial charge in [0.05, 0.1) is 22.6 Å². The molecule has 2 N–H and O–H groups in total. The highest BCUT2D eigenvalue weighted by atomic mass is 79.9. The van der Waals surface area contributed by atoms with Crippen LogP contribution in [-0.4, -0.2) is 21.6 Å². The normalized spacial score (nSPS) is 10.5. The fraction of sp³-hybridized carbons (Fsp3) is 0. The van der Waals surface area contributed by atoms with Crippen molar-refractivity contribution in [3.63, 3.8) is 0 Å². The van der Waals surface area contributed by atoms with E-state index in [1.807, 2.05) is 18.3 Å². The molecule has 0 aliphatic rings. The molecule has 0 aliphatic heterocycles. The smallest absolute Gasteiger partial charge is 0.291 e. The van der Waals surface area contributed by atoms with E-state index in [2.05, 4.69) is 31.7 Å². The monoisotopic (exact) mass is 450 g/mol. The Bertz CT molecular complexity index is 1150. The van der Waals surface area contributed by atoms with Gasteiger partial charge >= 0.3 is 0 Å². The van der Waals surface area contributed by atoms with Crippen LogP contribution in [0.4, 0.5) is 11.4 Å². The average Bonchev–Trinajstić information content (AvgIpc) is 3.40. The third kappa shape index (κ3) is 4.44. The van der Waals surface area contributed by atoms with Crippen molar-refractivity contribution in [3.05, 3.63) is 95.1 Å². The minimum Gasteiger partial charge on any atom is -0.459 e. The molecule has 8 heteroatoms. The molecule has 2 heterocycles. The van der Waals surface area contributed by atoms with Crippen molar-refractivity contribution in [1.29, 1.82) is 0 Å². The van der Waals surface area contributed by atoms with Crippen molar-refractivity contribution < 1.29 is 14.0 Å². The van der Waals surface area contributed by atoms with Crippen molar-refractivity contribution in [2.45, 2.75) is 0 Å². The lowest BCUT2D eigenvalue weighted by atomic mass is 10.2. The van der Waals surface area contributed by atoms with E-state index >= 15 is 0 Å². The van der Waals surface area contributed by atoms with Gasteiger partial charge < -0.3 is 15.1 Å². The molecule has 0 saturated heterocycles. The predicted octanol–water partition coefficient (Wildman–Crippen LogP) is 4.73. The van der Waals surface area contributed by atoms with Gasteiger partial charge in [0.15, 0.2) is 5.76 Å². The van der Waals surface area contributed by atoms with E-state index in [4.69, 9.17) is 4.42 Å². The number of aromatic nitrogens is 2. The zero-order chi connectivity index (χ0) is 20.2. The largest absolute Gasteiger partial charge is 0.459 e. The van der Waals surface area contributed by atoms with Gasteiger partial charge in [-0.3, -0.25) is 9.59 Å². The van der Waals surface area contributed by atoms with Crippen LogP contribution in [0.25, 0.3) is 5.69 Å². The number of nitrogens with one attached hydrogen (secondary N) is 2. The number of hydrogen-bond acceptors (Lipinski definition) is 4. The minimum absolute atomic E-state index is 0.212. The number of amides is 2. The highest BCUT2D eigenvalue weighted by Gasteiger charge is 2.10. The van der Waals surface area contributed by atoms with Crippen LogP contribution in [0, 0.1) is 0 Å². The van der Waals surface area contributed by atoms with Crippen LogP contribution in [0.3, 0.4) is 0 Å². The molecule has 0 fully saturated rings. The number of hydrogen-bond donors (Lipinski definition) is 2. The molecular formula is C21H15BrN4O3. The Kier molecular flexibility index (Phi) is 5.26. The lowest BCUT2D eigenvalue weighted by Gasteiger charge is -2.09. The standard InChI is InChI=1S/C21H15BrN4O3/c22-15-12-23-26(13-15)18-8-6-14(7-9-18)20(27)24-16-3-1-4-17(11-16)25-21(28)19-5-2-10-29-19/h1-13H,(H,24,27)(H,25,28). The van der Waals surface area contributed by atoms with E-state index in [0.717, 1.165) is 10.2 Å². The van der Waals surface area contributed by atoms with Crippen LogP contribution in [-0.2, 0) is 0 Å². The molecule has 2 aromatic heterocycles. The summed E-state index contributed by atoms with van der Waals surface area (Å²) in [4.78, 5) is 24.6. The minimum atomic E-state index is -0.362. The van der Waals surface area contributed by atoms with Crippen molar-refractivity contribution in [2.75, 3.05) is 10.6 Å². The summed E-state index contributed by atoms with van der Waals surface area (Å²) in [5.41, 5.74) is 2.45. The Morgan fingerprint density at radius 1 is 0.931 bits per heavy atom. The lowest BCUT2D eigenvalue weighted by Crippen LogP contribution is -2.13. The second kappa shape index (κ2) is 8.15. The summed E-state index contributed by atoms with van der Waals surface area (Å²) in [6, 6.07) is 17.2. The first-order valence-corrected chi connectivity index (χ1v) is 9.45. The highest BCUT2D eigenvalue weighted by Crippen LogP contribution is 2.18. The summed E-state index contributed by atoms with van der Waals surface area (Å²) in [7, 11) is 0. The molecule has 2 aromatic carbocycles. The molecule has 0 spiro atoms. The lowest BCUT2D eigenvalue weighted by molar-refractivity contribution is 0.0995. The number of benzene rings is 2. The van der Waals surface area contributed by atoms with Gasteiger partial charge in [-0.1, -0.05) is 6.07 Å². The Hall–Kier alpha value is -3.65. The first-order valence-electron chi connectivity index (χ1n) is 8.65. The maximum absolute atomic E-state index is 12.5. The molecule has 29 heavy (non-hydrogen) atoms. The fourth-order valence-electron chi connectivity index (χ4n) is 2.69. The molecule has 0 radical (unpaired) electrons. The van der Waals surface area contributed by atoms with Crippen molar-refractivity contribution in [1.82, 2.24) is 9.78 Å². The molecule has 0 bridgehead atoms. The zero-order valence-electron chi connectivity index (χ0n) is 15.0. The number of nitrogens with zero attached hydrogens (tertiary/aromatic N) is 2. The maximum atomic E-state index is 12.5. The van der Waals surface area contributed by atoms with E-state index in [1.165, 1.54) is 6.26 Å². The molecule has 0 atom stereocenters. The summed E-state index contributed by atoms with van der Waals surface area (Å²) in [5.74, 6) is -0.407. The van der Waals surface area contributed by atoms with Crippen LogP contribution >= 0.6 is 15.9 Å². The van der Waals surface area contributed by atoms with Gasteiger partial charge in [-0.2, -0.15) is 5.10 Å². The SMILES string of the molecule is O=C(Nc1cccc(NC(=O)c2ccco2)c1)c1ccc(-n2cc(Br)cn2)cc1. The number of anilines is 2. The van der Waals surface area contributed by atoms with Gasteiger partial charge in [-0.25, -0.2) is 4.68 Å². The zero-order valence-corrected chi connectivity index (χ0v) is 16.6. The van der Waals surface area contributed by atoms with Gasteiger partial charge in [0.1, 0.15) is 0 Å². The molecule has 2 amide bonds. The maximum Gasteiger partial charge on any atom is 0.291 e. The van der Waals surface area contributed by atoms with E-state index in [0.29, 0.717) is 16.9 Å². The van der Waals surface area contributed by atoms with Crippen LogP contribution < -0.4 is 10.6 Å². The molecule has 0 aliphatic carbocycles. The van der Waals surface area contributed by atoms with Gasteiger partial charge in [0.25, 0.3) is 11.8 Å². The topological polar surface area (TPSA) is 89.2 Å². The van der Waals surface area contributed by atoms with Gasteiger partial charge in [0.2, 0.25) is 0 Å². The third-order valence-corrected chi connectivity index (χ3v) is 4.48. The molecule has 4 aromatic rings. The predicted molar refractivity (Wildman–Crippen MR) is 112 cm³/mol. The highest BCUT2D eigenvalue weighted by molar-refractivity contribution is 9.10. The van der Waals surface area contributed by atoms with E-state index < -0.39 is 0 Å². The van der Waals surface area contributed by atoms with Gasteiger partial charge in [-0.15, -0.1) is 0 Å². The van der Waals surface area contributed by atoms with Crippen molar-refractivity contribution in [2.24, 2.45) is 0 Å². The quantitative estimate of drug-likeness (QED) is 0.459. The Morgan fingerprint density at radius 2 is 1.66 bits per heavy atom. The van der Waals surface area contributed by atoms with E-state index in [-0.39, 0.29) is 17.6 Å². The van der Waals surface area contributed by atoms with Gasteiger partial charge in [-0.05, 0) is 70.5 Å².